The fourth-order valence-electron chi connectivity index (χ4n) is 7.15. The Kier molecular flexibility index (Phi) is 2.87. The molecule has 1 spiro atoms. The fraction of sp³-hybridized carbons (Fsp3) is 0.905. The summed E-state index contributed by atoms with van der Waals surface area (Å²) < 4.78 is 0.769. The highest BCUT2D eigenvalue weighted by Crippen LogP contribution is 2.68. The zero-order chi connectivity index (χ0) is 15.2. The van der Waals surface area contributed by atoms with Crippen molar-refractivity contribution in [2.75, 3.05) is 5.75 Å². The minimum atomic E-state index is 0.527. The first-order chi connectivity index (χ1) is 10.4. The lowest BCUT2D eigenvalue weighted by atomic mass is 9.48. The summed E-state index contributed by atoms with van der Waals surface area (Å²) >= 11 is 2.28. The predicted octanol–water partition coefficient (Wildman–Crippen LogP) is 6.22. The molecule has 0 bridgehead atoms. The largest absolute Gasteiger partial charge is 0.153 e. The van der Waals surface area contributed by atoms with Gasteiger partial charge in [0.1, 0.15) is 0 Å². The quantitative estimate of drug-likeness (QED) is 0.378. The van der Waals surface area contributed by atoms with E-state index in [9.17, 15) is 0 Å². The first-order valence-corrected chi connectivity index (χ1v) is 10.8. The second kappa shape index (κ2) is 4.38. The van der Waals surface area contributed by atoms with Gasteiger partial charge in [-0.25, -0.2) is 0 Å². The van der Waals surface area contributed by atoms with Gasteiger partial charge in [0.05, 0.1) is 0 Å². The fourth-order valence-corrected chi connectivity index (χ4v) is 8.18. The van der Waals surface area contributed by atoms with Crippen molar-refractivity contribution >= 4 is 11.8 Å². The Labute approximate surface area is 140 Å². The normalized spacial score (nSPS) is 52.2. The van der Waals surface area contributed by atoms with E-state index < -0.39 is 0 Å². The topological polar surface area (TPSA) is 0 Å². The van der Waals surface area contributed by atoms with E-state index >= 15 is 0 Å². The third kappa shape index (κ3) is 1.84. The van der Waals surface area contributed by atoms with Crippen molar-refractivity contribution in [2.45, 2.75) is 83.3 Å². The third-order valence-corrected chi connectivity index (χ3v) is 10.2. The SMILES string of the molecule is CC1(C)CCC2=C1CC[C@@H]1[C@H]2CC[C@H]2C[C@@]3(CC[C@@]21C)CS3. The number of hydrogen-bond donors (Lipinski definition) is 0. The van der Waals surface area contributed by atoms with E-state index in [1.54, 1.807) is 6.42 Å². The van der Waals surface area contributed by atoms with Gasteiger partial charge in [0.2, 0.25) is 0 Å². The predicted molar refractivity (Wildman–Crippen MR) is 96.1 cm³/mol. The molecular formula is C21H32S. The number of thioether (sulfide) groups is 1. The molecule has 4 aliphatic carbocycles. The van der Waals surface area contributed by atoms with Crippen molar-refractivity contribution in [1.29, 1.82) is 0 Å². The lowest BCUT2D eigenvalue weighted by Gasteiger charge is -2.57. The molecule has 1 heteroatoms. The third-order valence-electron chi connectivity index (χ3n) is 8.76. The van der Waals surface area contributed by atoms with E-state index in [1.807, 2.05) is 11.1 Å². The number of hydrogen-bond acceptors (Lipinski definition) is 1. The van der Waals surface area contributed by atoms with Gasteiger partial charge >= 0.3 is 0 Å². The van der Waals surface area contributed by atoms with Gasteiger partial charge in [0, 0.05) is 10.5 Å². The maximum Gasteiger partial charge on any atom is 0.0254 e. The average Bonchev–Trinajstić information content (AvgIpc) is 3.17. The molecule has 1 heterocycles. The Balaban J connectivity index is 1.47. The maximum atomic E-state index is 2.71. The van der Waals surface area contributed by atoms with Crippen LogP contribution >= 0.6 is 11.8 Å². The van der Waals surface area contributed by atoms with Crippen LogP contribution in [0.2, 0.25) is 0 Å². The number of allylic oxidation sites excluding steroid dienone is 2. The number of rotatable bonds is 0. The summed E-state index contributed by atoms with van der Waals surface area (Å²) in [5, 5.41) is 0. The average molecular weight is 317 g/mol. The summed E-state index contributed by atoms with van der Waals surface area (Å²) in [5.41, 5.74) is 5.07. The van der Waals surface area contributed by atoms with Gasteiger partial charge in [-0.2, -0.15) is 11.8 Å². The Hall–Kier alpha value is 0.0900. The van der Waals surface area contributed by atoms with Crippen molar-refractivity contribution in [3.63, 3.8) is 0 Å². The molecule has 0 N–H and O–H groups in total. The summed E-state index contributed by atoms with van der Waals surface area (Å²) in [7, 11) is 0. The maximum absolute atomic E-state index is 2.71. The molecule has 122 valence electrons. The molecule has 22 heavy (non-hydrogen) atoms. The summed E-state index contributed by atoms with van der Waals surface area (Å²) in [6, 6.07) is 0. The van der Waals surface area contributed by atoms with Gasteiger partial charge in [-0.15, -0.1) is 0 Å². The van der Waals surface area contributed by atoms with E-state index in [0.29, 0.717) is 10.8 Å². The zero-order valence-corrected chi connectivity index (χ0v) is 15.5. The van der Waals surface area contributed by atoms with Crippen LogP contribution in [0.3, 0.4) is 0 Å². The van der Waals surface area contributed by atoms with Crippen LogP contribution in [0, 0.1) is 28.6 Å². The van der Waals surface area contributed by atoms with Crippen molar-refractivity contribution < 1.29 is 0 Å². The van der Waals surface area contributed by atoms with Gasteiger partial charge in [-0.3, -0.25) is 0 Å². The van der Waals surface area contributed by atoms with Crippen LogP contribution in [0.25, 0.3) is 0 Å². The summed E-state index contributed by atoms with van der Waals surface area (Å²) in [4.78, 5) is 0. The van der Waals surface area contributed by atoms with Gasteiger partial charge in [0.25, 0.3) is 0 Å². The van der Waals surface area contributed by atoms with Gasteiger partial charge < -0.3 is 0 Å². The van der Waals surface area contributed by atoms with Crippen molar-refractivity contribution in [3.8, 4) is 0 Å². The smallest absolute Gasteiger partial charge is 0.0254 e. The van der Waals surface area contributed by atoms with Crippen molar-refractivity contribution in [1.82, 2.24) is 0 Å². The molecule has 0 amide bonds. The Morgan fingerprint density at radius 2 is 1.77 bits per heavy atom. The van der Waals surface area contributed by atoms with Crippen molar-refractivity contribution in [2.24, 2.45) is 28.6 Å². The summed E-state index contributed by atoms with van der Waals surface area (Å²) in [6.07, 6.45) is 13.5. The van der Waals surface area contributed by atoms with Crippen LogP contribution < -0.4 is 0 Å². The van der Waals surface area contributed by atoms with Gasteiger partial charge in [-0.1, -0.05) is 31.9 Å². The lowest BCUT2D eigenvalue weighted by Crippen LogP contribution is -2.49. The highest BCUT2D eigenvalue weighted by atomic mass is 32.2. The van der Waals surface area contributed by atoms with Crippen LogP contribution in [0.1, 0.15) is 78.6 Å². The van der Waals surface area contributed by atoms with E-state index in [-0.39, 0.29) is 0 Å². The highest BCUT2D eigenvalue weighted by Gasteiger charge is 2.59. The van der Waals surface area contributed by atoms with Crippen LogP contribution in [0.4, 0.5) is 0 Å². The molecule has 1 saturated heterocycles. The first-order valence-electron chi connectivity index (χ1n) is 9.80. The molecule has 0 unspecified atom stereocenters. The van der Waals surface area contributed by atoms with Crippen LogP contribution in [0.15, 0.2) is 11.1 Å². The molecule has 0 aromatic rings. The molecule has 0 radical (unpaired) electrons. The highest BCUT2D eigenvalue weighted by molar-refractivity contribution is 8.07. The van der Waals surface area contributed by atoms with E-state index in [2.05, 4.69) is 32.5 Å². The molecule has 5 atom stereocenters. The molecule has 5 aliphatic rings. The summed E-state index contributed by atoms with van der Waals surface area (Å²) in [5.74, 6) is 4.54. The van der Waals surface area contributed by atoms with Crippen LogP contribution in [-0.2, 0) is 0 Å². The molecule has 0 nitrogen and oxygen atoms in total. The molecular weight excluding hydrogens is 284 g/mol. The molecule has 1 aliphatic heterocycles. The van der Waals surface area contributed by atoms with Crippen LogP contribution in [0.5, 0.6) is 0 Å². The van der Waals surface area contributed by atoms with E-state index in [1.165, 1.54) is 57.1 Å². The summed E-state index contributed by atoms with van der Waals surface area (Å²) in [6.45, 7) is 7.73. The molecule has 2 saturated carbocycles. The Bertz CT molecular complexity index is 538. The standard InChI is InChI=1S/C21H32S/c1-19(2)9-8-16-15-5-4-14-12-21(13-22-21)11-10-20(14,3)18(15)7-6-17(16)19/h14-15,18H,4-13H2,1-3H3/t14-,15-,18+,20-,21-/m0/s1. The minimum Gasteiger partial charge on any atom is -0.153 e. The van der Waals surface area contributed by atoms with E-state index in [4.69, 9.17) is 0 Å². The zero-order valence-electron chi connectivity index (χ0n) is 14.7. The van der Waals surface area contributed by atoms with Crippen molar-refractivity contribution in [3.05, 3.63) is 11.1 Å². The monoisotopic (exact) mass is 316 g/mol. The Morgan fingerprint density at radius 1 is 0.955 bits per heavy atom. The number of fused-ring (bicyclic) bond motifs is 4. The van der Waals surface area contributed by atoms with Crippen LogP contribution in [-0.4, -0.2) is 10.5 Å². The Morgan fingerprint density at radius 3 is 2.55 bits per heavy atom. The molecule has 0 aromatic carbocycles. The lowest BCUT2D eigenvalue weighted by molar-refractivity contribution is -0.0375. The second-order valence-electron chi connectivity index (χ2n) is 10.1. The van der Waals surface area contributed by atoms with Gasteiger partial charge in [0.15, 0.2) is 0 Å². The van der Waals surface area contributed by atoms with E-state index in [0.717, 1.165) is 22.5 Å². The molecule has 3 fully saturated rings. The van der Waals surface area contributed by atoms with Gasteiger partial charge in [-0.05, 0) is 86.4 Å². The molecule has 5 rings (SSSR count). The molecule has 0 aromatic heterocycles. The minimum absolute atomic E-state index is 0.527. The first kappa shape index (κ1) is 14.4. The second-order valence-corrected chi connectivity index (χ2v) is 11.5.